The number of hydrogen-bond donors (Lipinski definition) is 1. The first-order valence-corrected chi connectivity index (χ1v) is 7.58. The van der Waals surface area contributed by atoms with Gasteiger partial charge in [-0.3, -0.25) is 0 Å². The summed E-state index contributed by atoms with van der Waals surface area (Å²) in [6, 6.07) is 13.4. The fraction of sp³-hybridized carbons (Fsp3) is 0.412. The Hall–Kier alpha value is -1.12. The van der Waals surface area contributed by atoms with Gasteiger partial charge in [0, 0.05) is 9.75 Å². The molecule has 1 nitrogen and oxygen atoms in total. The summed E-state index contributed by atoms with van der Waals surface area (Å²) in [4.78, 5) is 2.83. The van der Waals surface area contributed by atoms with Gasteiger partial charge in [-0.05, 0) is 42.6 Å². The quantitative estimate of drug-likeness (QED) is 0.857. The molecule has 102 valence electrons. The highest BCUT2D eigenvalue weighted by atomic mass is 32.1. The van der Waals surface area contributed by atoms with Gasteiger partial charge in [0.05, 0.1) is 6.04 Å². The minimum Gasteiger partial charge on any atom is -0.309 e. The first kappa shape index (κ1) is 14.3. The van der Waals surface area contributed by atoms with Crippen LogP contribution in [0.4, 0.5) is 0 Å². The molecule has 0 radical (unpaired) electrons. The standard InChI is InChI=1S/C17H23NS/c1-12-8-6-7-9-13(12)16(18-5)14-10-11-15(19-14)17(2,3)4/h6-11,16,18H,1-5H3. The van der Waals surface area contributed by atoms with Crippen molar-refractivity contribution in [2.24, 2.45) is 0 Å². The van der Waals surface area contributed by atoms with Gasteiger partial charge in [0.25, 0.3) is 0 Å². The number of thiophene rings is 1. The third kappa shape index (κ3) is 3.07. The average molecular weight is 273 g/mol. The average Bonchev–Trinajstić information content (AvgIpc) is 2.82. The second kappa shape index (κ2) is 5.48. The first-order valence-electron chi connectivity index (χ1n) is 6.76. The third-order valence-electron chi connectivity index (χ3n) is 3.44. The molecule has 19 heavy (non-hydrogen) atoms. The van der Waals surface area contributed by atoms with E-state index in [1.807, 2.05) is 18.4 Å². The normalized spacial score (nSPS) is 13.5. The molecule has 0 saturated heterocycles. The van der Waals surface area contributed by atoms with Crippen LogP contribution < -0.4 is 5.32 Å². The highest BCUT2D eigenvalue weighted by molar-refractivity contribution is 7.12. The second-order valence-corrected chi connectivity index (χ2v) is 7.15. The van der Waals surface area contributed by atoms with Crippen molar-refractivity contribution in [2.45, 2.75) is 39.2 Å². The van der Waals surface area contributed by atoms with E-state index in [4.69, 9.17) is 0 Å². The molecule has 1 atom stereocenters. The second-order valence-electron chi connectivity index (χ2n) is 6.03. The lowest BCUT2D eigenvalue weighted by molar-refractivity contribution is 0.604. The van der Waals surface area contributed by atoms with E-state index in [0.717, 1.165) is 0 Å². The molecule has 0 bridgehead atoms. The van der Waals surface area contributed by atoms with Crippen molar-refractivity contribution in [1.82, 2.24) is 5.32 Å². The van der Waals surface area contributed by atoms with E-state index in [2.05, 4.69) is 69.4 Å². The maximum atomic E-state index is 3.45. The molecule has 2 heteroatoms. The molecule has 2 rings (SSSR count). The van der Waals surface area contributed by atoms with E-state index < -0.39 is 0 Å². The number of aryl methyl sites for hydroxylation is 1. The molecular weight excluding hydrogens is 250 g/mol. The molecule has 0 amide bonds. The number of rotatable bonds is 3. The van der Waals surface area contributed by atoms with E-state index in [0.29, 0.717) is 6.04 Å². The number of benzene rings is 1. The molecule has 2 aromatic rings. The Kier molecular flexibility index (Phi) is 4.12. The topological polar surface area (TPSA) is 12.0 Å². The summed E-state index contributed by atoms with van der Waals surface area (Å²) in [5.74, 6) is 0. The van der Waals surface area contributed by atoms with Crippen LogP contribution in [0.15, 0.2) is 36.4 Å². The fourth-order valence-corrected chi connectivity index (χ4v) is 3.47. The van der Waals surface area contributed by atoms with Gasteiger partial charge in [-0.2, -0.15) is 0 Å². The Morgan fingerprint density at radius 1 is 1.05 bits per heavy atom. The molecule has 0 fully saturated rings. The monoisotopic (exact) mass is 273 g/mol. The van der Waals surface area contributed by atoms with Crippen LogP contribution in [-0.2, 0) is 5.41 Å². The summed E-state index contributed by atoms with van der Waals surface area (Å²) in [5.41, 5.74) is 2.94. The van der Waals surface area contributed by atoms with Crippen molar-refractivity contribution in [2.75, 3.05) is 7.05 Å². The van der Waals surface area contributed by atoms with Crippen molar-refractivity contribution < 1.29 is 0 Å². The van der Waals surface area contributed by atoms with Crippen LogP contribution in [0.5, 0.6) is 0 Å². The van der Waals surface area contributed by atoms with E-state index in [1.165, 1.54) is 20.9 Å². The molecule has 0 spiro atoms. The highest BCUT2D eigenvalue weighted by Gasteiger charge is 2.20. The summed E-state index contributed by atoms with van der Waals surface area (Å²) >= 11 is 1.91. The van der Waals surface area contributed by atoms with Crippen LogP contribution in [0.1, 0.15) is 47.7 Å². The van der Waals surface area contributed by atoms with Crippen molar-refractivity contribution in [3.63, 3.8) is 0 Å². The molecule has 1 aromatic carbocycles. The van der Waals surface area contributed by atoms with Gasteiger partial charge in [0.15, 0.2) is 0 Å². The molecule has 0 aliphatic carbocycles. The summed E-state index contributed by atoms with van der Waals surface area (Å²) in [7, 11) is 2.04. The SMILES string of the molecule is CNC(c1ccc(C(C)(C)C)s1)c1ccccc1C. The Bertz CT molecular complexity index is 548. The molecule has 1 heterocycles. The van der Waals surface area contributed by atoms with Crippen molar-refractivity contribution in [3.8, 4) is 0 Å². The summed E-state index contributed by atoms with van der Waals surface area (Å²) in [5, 5.41) is 3.45. The fourth-order valence-electron chi connectivity index (χ4n) is 2.27. The van der Waals surface area contributed by atoms with Gasteiger partial charge in [0.2, 0.25) is 0 Å². The van der Waals surface area contributed by atoms with Crippen molar-refractivity contribution >= 4 is 11.3 Å². The molecular formula is C17H23NS. The smallest absolute Gasteiger partial charge is 0.0671 e. The summed E-state index contributed by atoms with van der Waals surface area (Å²) in [6.45, 7) is 8.98. The first-order chi connectivity index (χ1) is 8.93. The molecule has 0 aliphatic heterocycles. The van der Waals surface area contributed by atoms with E-state index >= 15 is 0 Å². The zero-order valence-electron chi connectivity index (χ0n) is 12.4. The van der Waals surface area contributed by atoms with Gasteiger partial charge in [-0.25, -0.2) is 0 Å². The lowest BCUT2D eigenvalue weighted by Crippen LogP contribution is -2.17. The Balaban J connectivity index is 2.38. The van der Waals surface area contributed by atoms with Crippen molar-refractivity contribution in [1.29, 1.82) is 0 Å². The van der Waals surface area contributed by atoms with Gasteiger partial charge in [0.1, 0.15) is 0 Å². The molecule has 0 saturated carbocycles. The number of nitrogens with one attached hydrogen (secondary N) is 1. The zero-order chi connectivity index (χ0) is 14.0. The predicted octanol–water partition coefficient (Wildman–Crippen LogP) is 4.66. The lowest BCUT2D eigenvalue weighted by atomic mass is 9.95. The minimum atomic E-state index is 0.229. The third-order valence-corrected chi connectivity index (χ3v) is 5.01. The maximum Gasteiger partial charge on any atom is 0.0671 e. The highest BCUT2D eigenvalue weighted by Crippen LogP contribution is 2.35. The maximum absolute atomic E-state index is 3.45. The van der Waals surface area contributed by atoms with Crippen LogP contribution in [0.2, 0.25) is 0 Å². The largest absolute Gasteiger partial charge is 0.309 e. The van der Waals surface area contributed by atoms with E-state index in [9.17, 15) is 0 Å². The summed E-state index contributed by atoms with van der Waals surface area (Å²) in [6.07, 6.45) is 0. The zero-order valence-corrected chi connectivity index (χ0v) is 13.3. The predicted molar refractivity (Wildman–Crippen MR) is 85.1 cm³/mol. The van der Waals surface area contributed by atoms with Crippen LogP contribution >= 0.6 is 11.3 Å². The lowest BCUT2D eigenvalue weighted by Gasteiger charge is -2.19. The molecule has 0 aliphatic rings. The van der Waals surface area contributed by atoms with Gasteiger partial charge < -0.3 is 5.32 Å². The van der Waals surface area contributed by atoms with Crippen LogP contribution in [0, 0.1) is 6.92 Å². The van der Waals surface area contributed by atoms with Crippen molar-refractivity contribution in [3.05, 3.63) is 57.3 Å². The van der Waals surface area contributed by atoms with Crippen LogP contribution in [0.3, 0.4) is 0 Å². The van der Waals surface area contributed by atoms with Crippen LogP contribution in [-0.4, -0.2) is 7.05 Å². The molecule has 1 aromatic heterocycles. The van der Waals surface area contributed by atoms with E-state index in [1.54, 1.807) is 0 Å². The van der Waals surface area contributed by atoms with Crippen LogP contribution in [0.25, 0.3) is 0 Å². The van der Waals surface area contributed by atoms with E-state index in [-0.39, 0.29) is 5.41 Å². The van der Waals surface area contributed by atoms with Gasteiger partial charge in [-0.15, -0.1) is 11.3 Å². The van der Waals surface area contributed by atoms with Gasteiger partial charge in [-0.1, -0.05) is 45.0 Å². The Morgan fingerprint density at radius 3 is 2.26 bits per heavy atom. The van der Waals surface area contributed by atoms with Gasteiger partial charge >= 0.3 is 0 Å². The minimum absolute atomic E-state index is 0.229. The summed E-state index contributed by atoms with van der Waals surface area (Å²) < 4.78 is 0. The Labute approximate surface area is 120 Å². The Morgan fingerprint density at radius 2 is 1.74 bits per heavy atom. The molecule has 1 N–H and O–H groups in total. The molecule has 1 unspecified atom stereocenters. The number of hydrogen-bond acceptors (Lipinski definition) is 2.